The molecule has 2 aliphatic heterocycles. The van der Waals surface area contributed by atoms with E-state index >= 15 is 0 Å². The Kier molecular flexibility index (Phi) is 4.80. The van der Waals surface area contributed by atoms with E-state index in [1.165, 1.54) is 12.8 Å². The summed E-state index contributed by atoms with van der Waals surface area (Å²) in [6.07, 6.45) is 2.73. The first kappa shape index (κ1) is 14.3. The summed E-state index contributed by atoms with van der Waals surface area (Å²) in [6.45, 7) is 7.51. The lowest BCUT2D eigenvalue weighted by atomic mass is 9.97. The molecule has 0 bridgehead atoms. The van der Waals surface area contributed by atoms with Gasteiger partial charge in [-0.3, -0.25) is 9.59 Å². The average molecular weight is 267 g/mol. The Morgan fingerprint density at radius 3 is 2.74 bits per heavy atom. The molecular weight excluding hydrogens is 242 g/mol. The van der Waals surface area contributed by atoms with Crippen molar-refractivity contribution in [2.24, 2.45) is 11.8 Å². The highest BCUT2D eigenvalue weighted by Gasteiger charge is 2.33. The summed E-state index contributed by atoms with van der Waals surface area (Å²) < 4.78 is 0. The van der Waals surface area contributed by atoms with Crippen LogP contribution in [0.3, 0.4) is 0 Å². The monoisotopic (exact) mass is 267 g/mol. The number of carbonyl (C=O) groups excluding carboxylic acids is 2. The van der Waals surface area contributed by atoms with E-state index in [9.17, 15) is 9.59 Å². The molecule has 0 radical (unpaired) electrons. The van der Waals surface area contributed by atoms with Crippen LogP contribution in [-0.4, -0.2) is 48.9 Å². The highest BCUT2D eigenvalue weighted by Crippen LogP contribution is 2.19. The number of rotatable bonds is 4. The van der Waals surface area contributed by atoms with Gasteiger partial charge in [-0.25, -0.2) is 0 Å². The second-order valence-electron chi connectivity index (χ2n) is 6.00. The van der Waals surface area contributed by atoms with Crippen LogP contribution >= 0.6 is 0 Å². The molecule has 0 aliphatic carbocycles. The second-order valence-corrected chi connectivity index (χ2v) is 6.00. The van der Waals surface area contributed by atoms with Crippen molar-refractivity contribution in [2.75, 3.05) is 26.2 Å². The first-order valence-corrected chi connectivity index (χ1v) is 7.36. The molecule has 2 atom stereocenters. The molecule has 2 fully saturated rings. The maximum absolute atomic E-state index is 12.5. The Balaban J connectivity index is 1.94. The van der Waals surface area contributed by atoms with E-state index in [1.54, 1.807) is 0 Å². The van der Waals surface area contributed by atoms with E-state index in [4.69, 9.17) is 0 Å². The lowest BCUT2D eigenvalue weighted by Crippen LogP contribution is -2.46. The summed E-state index contributed by atoms with van der Waals surface area (Å²) in [5.41, 5.74) is 0. The fraction of sp³-hybridized carbons (Fsp3) is 0.857. The predicted molar refractivity (Wildman–Crippen MR) is 73.6 cm³/mol. The zero-order valence-corrected chi connectivity index (χ0v) is 11.9. The smallest absolute Gasteiger partial charge is 0.228 e. The Hall–Kier alpha value is -1.10. The van der Waals surface area contributed by atoms with Crippen LogP contribution in [0.25, 0.3) is 0 Å². The van der Waals surface area contributed by atoms with Crippen molar-refractivity contribution < 1.29 is 9.59 Å². The largest absolute Gasteiger partial charge is 0.355 e. The third-order valence-electron chi connectivity index (χ3n) is 4.09. The lowest BCUT2D eigenvalue weighted by molar-refractivity contribution is -0.138. The average Bonchev–Trinajstić information content (AvgIpc) is 2.83. The number of hydrogen-bond acceptors (Lipinski definition) is 3. The molecule has 2 rings (SSSR count). The molecule has 2 aliphatic rings. The van der Waals surface area contributed by atoms with Crippen LogP contribution < -0.4 is 10.6 Å². The summed E-state index contributed by atoms with van der Waals surface area (Å²) in [7, 11) is 0. The number of nitrogens with zero attached hydrogens (tertiary/aromatic N) is 1. The number of nitrogens with one attached hydrogen (secondary N) is 2. The molecule has 0 aromatic carbocycles. The second kappa shape index (κ2) is 6.37. The van der Waals surface area contributed by atoms with Crippen molar-refractivity contribution >= 4 is 11.8 Å². The van der Waals surface area contributed by atoms with E-state index in [1.807, 2.05) is 4.90 Å². The Morgan fingerprint density at radius 1 is 1.42 bits per heavy atom. The summed E-state index contributed by atoms with van der Waals surface area (Å²) in [5.74, 6) is 0.525. The van der Waals surface area contributed by atoms with Gasteiger partial charge in [0.15, 0.2) is 0 Å². The van der Waals surface area contributed by atoms with Gasteiger partial charge in [0.1, 0.15) is 0 Å². The van der Waals surface area contributed by atoms with Gasteiger partial charge >= 0.3 is 0 Å². The van der Waals surface area contributed by atoms with Crippen LogP contribution in [0.4, 0.5) is 0 Å². The first-order valence-electron chi connectivity index (χ1n) is 7.36. The molecule has 2 saturated heterocycles. The number of hydrogen-bond donors (Lipinski definition) is 2. The first-order chi connectivity index (χ1) is 9.08. The van der Waals surface area contributed by atoms with E-state index in [-0.39, 0.29) is 23.8 Å². The molecule has 19 heavy (non-hydrogen) atoms. The molecule has 0 spiro atoms. The van der Waals surface area contributed by atoms with Gasteiger partial charge in [-0.1, -0.05) is 0 Å². The van der Waals surface area contributed by atoms with Crippen LogP contribution in [0.2, 0.25) is 0 Å². The van der Waals surface area contributed by atoms with E-state index < -0.39 is 0 Å². The van der Waals surface area contributed by atoms with Crippen molar-refractivity contribution in [3.05, 3.63) is 0 Å². The zero-order valence-electron chi connectivity index (χ0n) is 11.9. The zero-order chi connectivity index (χ0) is 13.8. The van der Waals surface area contributed by atoms with Crippen molar-refractivity contribution in [2.45, 2.75) is 39.2 Å². The van der Waals surface area contributed by atoms with Crippen molar-refractivity contribution in [3.8, 4) is 0 Å². The van der Waals surface area contributed by atoms with Gasteiger partial charge < -0.3 is 15.5 Å². The summed E-state index contributed by atoms with van der Waals surface area (Å²) >= 11 is 0. The maximum atomic E-state index is 12.5. The number of piperidine rings is 1. The van der Waals surface area contributed by atoms with E-state index in [0.717, 1.165) is 19.6 Å². The van der Waals surface area contributed by atoms with Crippen molar-refractivity contribution in [1.29, 1.82) is 0 Å². The molecule has 5 nitrogen and oxygen atoms in total. The molecule has 2 unspecified atom stereocenters. The molecule has 2 amide bonds. The van der Waals surface area contributed by atoms with Crippen LogP contribution in [0.1, 0.15) is 33.1 Å². The van der Waals surface area contributed by atoms with Crippen LogP contribution in [0.5, 0.6) is 0 Å². The highest BCUT2D eigenvalue weighted by molar-refractivity contribution is 5.89. The quantitative estimate of drug-likeness (QED) is 0.773. The van der Waals surface area contributed by atoms with Gasteiger partial charge in [0.05, 0.1) is 5.92 Å². The summed E-state index contributed by atoms with van der Waals surface area (Å²) in [4.78, 5) is 25.7. The SMILES string of the molecule is CC(C)N(CC1CCCNC1)C(=O)C1CNC(=O)C1. The molecule has 0 aromatic rings. The van der Waals surface area contributed by atoms with Crippen LogP contribution in [0, 0.1) is 11.8 Å². The topological polar surface area (TPSA) is 61.4 Å². The number of carbonyl (C=O) groups is 2. The van der Waals surface area contributed by atoms with E-state index in [0.29, 0.717) is 18.9 Å². The van der Waals surface area contributed by atoms with Gasteiger partial charge in [0.2, 0.25) is 11.8 Å². The maximum Gasteiger partial charge on any atom is 0.228 e. The Morgan fingerprint density at radius 2 is 2.21 bits per heavy atom. The molecule has 108 valence electrons. The van der Waals surface area contributed by atoms with Crippen molar-refractivity contribution in [3.63, 3.8) is 0 Å². The fourth-order valence-corrected chi connectivity index (χ4v) is 2.93. The van der Waals surface area contributed by atoms with Crippen LogP contribution in [0.15, 0.2) is 0 Å². The van der Waals surface area contributed by atoms with E-state index in [2.05, 4.69) is 24.5 Å². The van der Waals surface area contributed by atoms with Crippen LogP contribution in [-0.2, 0) is 9.59 Å². The van der Waals surface area contributed by atoms with Crippen molar-refractivity contribution in [1.82, 2.24) is 15.5 Å². The molecule has 2 heterocycles. The fourth-order valence-electron chi connectivity index (χ4n) is 2.93. The van der Waals surface area contributed by atoms with Gasteiger partial charge in [-0.2, -0.15) is 0 Å². The third-order valence-corrected chi connectivity index (χ3v) is 4.09. The van der Waals surface area contributed by atoms with Gasteiger partial charge in [0, 0.05) is 25.6 Å². The summed E-state index contributed by atoms with van der Waals surface area (Å²) in [5, 5.41) is 6.14. The minimum Gasteiger partial charge on any atom is -0.355 e. The number of amides is 2. The predicted octanol–water partition coefficient (Wildman–Crippen LogP) is 0.359. The normalized spacial score (nSPS) is 27.4. The van der Waals surface area contributed by atoms with Gasteiger partial charge in [-0.15, -0.1) is 0 Å². The highest BCUT2D eigenvalue weighted by atomic mass is 16.2. The molecule has 5 heteroatoms. The van der Waals surface area contributed by atoms with Gasteiger partial charge in [0.25, 0.3) is 0 Å². The summed E-state index contributed by atoms with van der Waals surface area (Å²) in [6, 6.07) is 0.199. The molecule has 0 saturated carbocycles. The lowest BCUT2D eigenvalue weighted by Gasteiger charge is -2.34. The third kappa shape index (κ3) is 3.69. The molecule has 0 aromatic heterocycles. The minimum atomic E-state index is -0.161. The standard InChI is InChI=1S/C14H25N3O2/c1-10(2)17(9-11-4-3-5-15-7-11)14(19)12-6-13(18)16-8-12/h10-12,15H,3-9H2,1-2H3,(H,16,18). The Labute approximate surface area is 115 Å². The minimum absolute atomic E-state index is 0.00129. The van der Waals surface area contributed by atoms with Gasteiger partial charge in [-0.05, 0) is 45.7 Å². The molecule has 2 N–H and O–H groups in total. The molecular formula is C14H25N3O2. The Bertz CT molecular complexity index is 338.